The first-order valence-electron chi connectivity index (χ1n) is 10.1. The van der Waals surface area contributed by atoms with Gasteiger partial charge in [-0.1, -0.05) is 19.9 Å². The summed E-state index contributed by atoms with van der Waals surface area (Å²) in [4.78, 5) is 13.3. The van der Waals surface area contributed by atoms with Crippen LogP contribution in [0.4, 0.5) is 11.4 Å². The lowest BCUT2D eigenvalue weighted by Gasteiger charge is -2.34. The molecule has 0 unspecified atom stereocenters. The molecular weight excluding hydrogens is 380 g/mol. The minimum atomic E-state index is -0.400. The molecule has 1 aliphatic carbocycles. The first-order valence-corrected chi connectivity index (χ1v) is 10.1. The molecule has 3 N–H and O–H groups in total. The summed E-state index contributed by atoms with van der Waals surface area (Å²) in [5.74, 6) is 0.663. The van der Waals surface area contributed by atoms with Crippen molar-refractivity contribution in [3.8, 4) is 17.2 Å². The highest BCUT2D eigenvalue weighted by Gasteiger charge is 2.39. The van der Waals surface area contributed by atoms with Gasteiger partial charge < -0.3 is 25.2 Å². The highest BCUT2D eigenvalue weighted by molar-refractivity contribution is 6.01. The third-order valence-corrected chi connectivity index (χ3v) is 5.80. The van der Waals surface area contributed by atoms with Crippen LogP contribution in [0.1, 0.15) is 43.9 Å². The molecule has 6 heteroatoms. The van der Waals surface area contributed by atoms with Crippen molar-refractivity contribution in [2.45, 2.75) is 39.7 Å². The maximum absolute atomic E-state index is 13.3. The van der Waals surface area contributed by atoms with Crippen molar-refractivity contribution < 1.29 is 19.4 Å². The molecule has 0 radical (unpaired) electrons. The molecule has 30 heavy (non-hydrogen) atoms. The van der Waals surface area contributed by atoms with Gasteiger partial charge in [0.25, 0.3) is 0 Å². The maximum Gasteiger partial charge on any atom is 0.200 e. The van der Waals surface area contributed by atoms with Gasteiger partial charge in [0.05, 0.1) is 31.6 Å². The van der Waals surface area contributed by atoms with E-state index in [1.807, 2.05) is 13.0 Å². The lowest BCUT2D eigenvalue weighted by Crippen LogP contribution is -2.31. The molecule has 0 spiro atoms. The van der Waals surface area contributed by atoms with Crippen LogP contribution in [0.25, 0.3) is 0 Å². The van der Waals surface area contributed by atoms with Crippen molar-refractivity contribution in [2.75, 3.05) is 24.9 Å². The number of phenols is 1. The van der Waals surface area contributed by atoms with Gasteiger partial charge in [-0.25, -0.2) is 0 Å². The minimum absolute atomic E-state index is 0.0583. The fourth-order valence-corrected chi connectivity index (χ4v) is 4.39. The van der Waals surface area contributed by atoms with Crippen LogP contribution in [0.15, 0.2) is 41.6 Å². The van der Waals surface area contributed by atoms with Crippen LogP contribution in [0, 0.1) is 12.3 Å². The molecule has 0 amide bonds. The number of Topliss-reactive ketones (excluding diaryl/α,β-unsaturated/α-hetero) is 1. The molecular formula is C24H28N2O4. The quantitative estimate of drug-likeness (QED) is 0.668. The SMILES string of the molecule is COc1cc([C@H]2Nc3cc(C)ccc3NC3=C2C(=O)CC(C)(C)C3)cc(OC)c1O. The molecule has 2 aromatic carbocycles. The Hall–Kier alpha value is -3.15. The first-order chi connectivity index (χ1) is 14.2. The number of nitrogens with one attached hydrogen (secondary N) is 2. The van der Waals surface area contributed by atoms with Crippen LogP contribution >= 0.6 is 0 Å². The summed E-state index contributed by atoms with van der Waals surface area (Å²) in [6.45, 7) is 6.27. The standard InChI is InChI=1S/C24H28N2O4/c1-13-6-7-15-16(8-13)26-22(14-9-19(29-4)23(28)20(10-14)30-5)21-17(25-15)11-24(2,3)12-18(21)27/h6-10,22,25-26,28H,11-12H2,1-5H3/t22-/m1/s1. The fraction of sp³-hybridized carbons (Fsp3) is 0.375. The molecule has 1 atom stereocenters. The molecule has 2 aliphatic rings. The molecule has 6 nitrogen and oxygen atoms in total. The molecule has 4 rings (SSSR count). The lowest BCUT2D eigenvalue weighted by atomic mass is 9.73. The van der Waals surface area contributed by atoms with Gasteiger partial charge in [-0.05, 0) is 54.2 Å². The Balaban J connectivity index is 1.93. The number of ketones is 1. The van der Waals surface area contributed by atoms with Crippen LogP contribution < -0.4 is 20.1 Å². The number of hydrogen-bond acceptors (Lipinski definition) is 6. The van der Waals surface area contributed by atoms with E-state index in [4.69, 9.17) is 9.47 Å². The summed E-state index contributed by atoms with van der Waals surface area (Å²) in [5.41, 5.74) is 5.31. The molecule has 0 aromatic heterocycles. The summed E-state index contributed by atoms with van der Waals surface area (Å²) >= 11 is 0. The van der Waals surface area contributed by atoms with Gasteiger partial charge in [-0.15, -0.1) is 0 Å². The monoisotopic (exact) mass is 408 g/mol. The summed E-state index contributed by atoms with van der Waals surface area (Å²) < 4.78 is 10.7. The predicted octanol–water partition coefficient (Wildman–Crippen LogP) is 4.94. The molecule has 0 fully saturated rings. The third kappa shape index (κ3) is 3.47. The van der Waals surface area contributed by atoms with Crippen molar-refractivity contribution >= 4 is 17.2 Å². The summed E-state index contributed by atoms with van der Waals surface area (Å²) in [5, 5.41) is 17.4. The van der Waals surface area contributed by atoms with E-state index in [9.17, 15) is 9.90 Å². The number of fused-ring (bicyclic) bond motifs is 1. The zero-order valence-corrected chi connectivity index (χ0v) is 18.1. The number of benzene rings is 2. The van der Waals surface area contributed by atoms with Gasteiger partial charge in [0.15, 0.2) is 17.3 Å². The zero-order chi connectivity index (χ0) is 21.6. The number of anilines is 2. The fourth-order valence-electron chi connectivity index (χ4n) is 4.39. The van der Waals surface area contributed by atoms with Gasteiger partial charge >= 0.3 is 0 Å². The predicted molar refractivity (Wildman–Crippen MR) is 117 cm³/mol. The Morgan fingerprint density at radius 3 is 2.33 bits per heavy atom. The van der Waals surface area contributed by atoms with Gasteiger partial charge in [-0.3, -0.25) is 4.79 Å². The lowest BCUT2D eigenvalue weighted by molar-refractivity contribution is -0.118. The second kappa shape index (κ2) is 7.27. The summed E-state index contributed by atoms with van der Waals surface area (Å²) in [6, 6.07) is 9.27. The highest BCUT2D eigenvalue weighted by atomic mass is 16.5. The third-order valence-electron chi connectivity index (χ3n) is 5.80. The number of aryl methyl sites for hydroxylation is 1. The molecule has 0 saturated carbocycles. The van der Waals surface area contributed by atoms with Gasteiger partial charge in [0.1, 0.15) is 0 Å². The average Bonchev–Trinajstić information content (AvgIpc) is 2.83. The minimum Gasteiger partial charge on any atom is -0.502 e. The normalized spacial score (nSPS) is 19.8. The van der Waals surface area contributed by atoms with Crippen molar-refractivity contribution in [3.05, 3.63) is 52.7 Å². The van der Waals surface area contributed by atoms with Crippen LogP contribution in [0.2, 0.25) is 0 Å². The number of aromatic hydroxyl groups is 1. The number of methoxy groups -OCH3 is 2. The highest BCUT2D eigenvalue weighted by Crippen LogP contribution is 2.47. The molecule has 0 bridgehead atoms. The van der Waals surface area contributed by atoms with Gasteiger partial charge in [0, 0.05) is 17.7 Å². The van der Waals surface area contributed by atoms with E-state index < -0.39 is 6.04 Å². The van der Waals surface area contributed by atoms with Crippen molar-refractivity contribution in [1.82, 2.24) is 0 Å². The Morgan fingerprint density at radius 2 is 1.70 bits per heavy atom. The topological polar surface area (TPSA) is 79.8 Å². The van der Waals surface area contributed by atoms with E-state index in [0.29, 0.717) is 17.9 Å². The van der Waals surface area contributed by atoms with Crippen LogP contribution in [-0.2, 0) is 4.79 Å². The smallest absolute Gasteiger partial charge is 0.200 e. The van der Waals surface area contributed by atoms with Crippen molar-refractivity contribution in [1.29, 1.82) is 0 Å². The zero-order valence-electron chi connectivity index (χ0n) is 18.1. The summed E-state index contributed by atoms with van der Waals surface area (Å²) in [6.07, 6.45) is 1.25. The van der Waals surface area contributed by atoms with E-state index in [0.717, 1.165) is 40.2 Å². The number of phenolic OH excluding ortho intramolecular Hbond substituents is 1. The van der Waals surface area contributed by atoms with Crippen LogP contribution in [-0.4, -0.2) is 25.1 Å². The average molecular weight is 408 g/mol. The molecule has 0 saturated heterocycles. The Kier molecular flexibility index (Phi) is 4.88. The second-order valence-electron chi connectivity index (χ2n) is 8.86. The van der Waals surface area contributed by atoms with Crippen LogP contribution in [0.3, 0.4) is 0 Å². The van der Waals surface area contributed by atoms with E-state index in [1.54, 1.807) is 12.1 Å². The van der Waals surface area contributed by atoms with Gasteiger partial charge in [-0.2, -0.15) is 0 Å². The molecule has 1 heterocycles. The summed E-state index contributed by atoms with van der Waals surface area (Å²) in [7, 11) is 3.00. The molecule has 1 aliphatic heterocycles. The Morgan fingerprint density at radius 1 is 1.03 bits per heavy atom. The van der Waals surface area contributed by atoms with Crippen LogP contribution in [0.5, 0.6) is 17.2 Å². The number of allylic oxidation sites excluding steroid dienone is 1. The molecule has 158 valence electrons. The molecule has 2 aromatic rings. The number of carbonyl (C=O) groups excluding carboxylic acids is 1. The van der Waals surface area contributed by atoms with Crippen molar-refractivity contribution in [2.24, 2.45) is 5.41 Å². The van der Waals surface area contributed by atoms with Crippen molar-refractivity contribution in [3.63, 3.8) is 0 Å². The maximum atomic E-state index is 13.3. The largest absolute Gasteiger partial charge is 0.502 e. The number of rotatable bonds is 3. The Labute approximate surface area is 176 Å². The van der Waals surface area contributed by atoms with E-state index in [2.05, 4.69) is 36.6 Å². The number of carbonyl (C=O) groups is 1. The number of hydrogen-bond donors (Lipinski definition) is 3. The number of ether oxygens (including phenoxy) is 2. The van der Waals surface area contributed by atoms with E-state index in [-0.39, 0.29) is 16.9 Å². The Bertz CT molecular complexity index is 1030. The second-order valence-corrected chi connectivity index (χ2v) is 8.86. The first kappa shape index (κ1) is 20.1. The van der Waals surface area contributed by atoms with E-state index in [1.165, 1.54) is 14.2 Å². The van der Waals surface area contributed by atoms with E-state index >= 15 is 0 Å². The van der Waals surface area contributed by atoms with Gasteiger partial charge in [0.2, 0.25) is 5.75 Å².